The monoisotopic (exact) mass is 680 g/mol. The average Bonchev–Trinajstić information content (AvgIpc) is 2.75. The zero-order valence-electron chi connectivity index (χ0n) is 18.7. The first-order valence-corrected chi connectivity index (χ1v) is 15.3. The van der Waals surface area contributed by atoms with Gasteiger partial charge in [0, 0.05) is 60.3 Å². The summed E-state index contributed by atoms with van der Waals surface area (Å²) in [6, 6.07) is 0. The molecule has 0 radical (unpaired) electrons. The lowest BCUT2D eigenvalue weighted by molar-refractivity contribution is -0.133. The maximum absolute atomic E-state index is 12.3. The van der Waals surface area contributed by atoms with Crippen LogP contribution in [0.3, 0.4) is 0 Å². The molecule has 0 aliphatic rings. The van der Waals surface area contributed by atoms with Gasteiger partial charge in [0.05, 0.1) is 0 Å². The van der Waals surface area contributed by atoms with E-state index >= 15 is 0 Å². The van der Waals surface area contributed by atoms with Gasteiger partial charge in [-0.25, -0.2) is 0 Å². The number of likely N-dealkylation sites (N-methyl/N-ethyl adjacent to an activating group) is 2. The third-order valence-electron chi connectivity index (χ3n) is 5.27. The van der Waals surface area contributed by atoms with E-state index in [-0.39, 0.29) is 11.8 Å². The molecule has 0 saturated heterocycles. The maximum Gasteiger partial charge on any atom is 0.222 e. The van der Waals surface area contributed by atoms with E-state index in [2.05, 4.69) is 63.7 Å². The Balaban J connectivity index is 3.75. The normalized spacial score (nSPS) is 13.1. The van der Waals surface area contributed by atoms with Crippen molar-refractivity contribution in [3.63, 3.8) is 0 Å². The quantitative estimate of drug-likeness (QED) is 0.110. The van der Waals surface area contributed by atoms with Gasteiger partial charge in [-0.3, -0.25) is 9.59 Å². The van der Waals surface area contributed by atoms with Crippen molar-refractivity contribution in [2.24, 2.45) is 0 Å². The van der Waals surface area contributed by atoms with E-state index in [9.17, 15) is 9.59 Å². The molecule has 4 nitrogen and oxygen atoms in total. The Morgan fingerprint density at radius 2 is 0.967 bits per heavy atom. The first-order chi connectivity index (χ1) is 14.3. The van der Waals surface area contributed by atoms with E-state index in [1.165, 1.54) is 38.5 Å². The van der Waals surface area contributed by atoms with E-state index in [1.54, 1.807) is 9.80 Å². The highest BCUT2D eigenvalue weighted by atomic mass is 79.9. The molecular weight excluding hydrogens is 644 g/mol. The minimum atomic E-state index is 0.184. The molecule has 0 saturated carbocycles. The van der Waals surface area contributed by atoms with Crippen LogP contribution in [0.2, 0.25) is 0 Å². The summed E-state index contributed by atoms with van der Waals surface area (Å²) in [6.07, 6.45) is 12.4. The summed E-state index contributed by atoms with van der Waals surface area (Å²) in [5, 5.41) is 1.98. The second-order valence-electron chi connectivity index (χ2n) is 8.04. The fourth-order valence-corrected chi connectivity index (χ4v) is 4.37. The Labute approximate surface area is 218 Å². The Morgan fingerprint density at radius 3 is 1.30 bits per heavy atom. The molecule has 0 aromatic heterocycles. The van der Waals surface area contributed by atoms with E-state index < -0.39 is 0 Å². The predicted molar refractivity (Wildman–Crippen MR) is 144 cm³/mol. The summed E-state index contributed by atoms with van der Waals surface area (Å²) in [5.41, 5.74) is 0. The fourth-order valence-electron chi connectivity index (χ4n) is 3.08. The lowest BCUT2D eigenvalue weighted by Gasteiger charge is -2.22. The van der Waals surface area contributed by atoms with E-state index in [1.807, 2.05) is 14.1 Å². The number of halogens is 4. The summed E-state index contributed by atoms with van der Waals surface area (Å²) in [7, 11) is 3.69. The molecule has 0 spiro atoms. The van der Waals surface area contributed by atoms with Crippen molar-refractivity contribution >= 4 is 75.5 Å². The van der Waals surface area contributed by atoms with Crippen LogP contribution in [-0.2, 0) is 9.59 Å². The van der Waals surface area contributed by atoms with Gasteiger partial charge >= 0.3 is 0 Å². The molecule has 2 atom stereocenters. The lowest BCUT2D eigenvalue weighted by Crippen LogP contribution is -2.37. The van der Waals surface area contributed by atoms with Gasteiger partial charge in [0.1, 0.15) is 0 Å². The molecule has 0 rings (SSSR count). The predicted octanol–water partition coefficient (Wildman–Crippen LogP) is 6.90. The zero-order valence-corrected chi connectivity index (χ0v) is 25.0. The molecule has 0 heterocycles. The first kappa shape index (κ1) is 30.9. The van der Waals surface area contributed by atoms with Gasteiger partial charge in [0.25, 0.3) is 0 Å². The first-order valence-electron chi connectivity index (χ1n) is 11.2. The van der Waals surface area contributed by atoms with E-state index in [0.717, 1.165) is 36.3 Å². The molecule has 0 aliphatic carbocycles. The number of carbonyl (C=O) groups is 2. The van der Waals surface area contributed by atoms with E-state index in [4.69, 9.17) is 0 Å². The van der Waals surface area contributed by atoms with Crippen LogP contribution in [0.1, 0.15) is 77.0 Å². The second-order valence-corrected chi connectivity index (χ2v) is 11.9. The highest BCUT2D eigenvalue weighted by molar-refractivity contribution is 9.12. The van der Waals surface area contributed by atoms with Gasteiger partial charge < -0.3 is 9.80 Å². The van der Waals surface area contributed by atoms with Crippen molar-refractivity contribution in [3.8, 4) is 0 Å². The Kier molecular flexibility index (Phi) is 21.1. The summed E-state index contributed by atoms with van der Waals surface area (Å²) in [5.74, 6) is 0.367. The lowest BCUT2D eigenvalue weighted by atomic mass is 10.1. The highest BCUT2D eigenvalue weighted by Gasteiger charge is 2.12. The average molecular weight is 684 g/mol. The molecule has 30 heavy (non-hydrogen) atoms. The van der Waals surface area contributed by atoms with Crippen LogP contribution < -0.4 is 0 Å². The van der Waals surface area contributed by atoms with Crippen molar-refractivity contribution < 1.29 is 9.59 Å². The summed E-state index contributed by atoms with van der Waals surface area (Å²) >= 11 is 14.2. The zero-order chi connectivity index (χ0) is 22.8. The van der Waals surface area contributed by atoms with Crippen LogP contribution >= 0.6 is 63.7 Å². The van der Waals surface area contributed by atoms with Gasteiger partial charge in [0.15, 0.2) is 0 Å². The third-order valence-corrected chi connectivity index (χ3v) is 10.1. The molecular formula is C22H40Br4N2O2. The van der Waals surface area contributed by atoms with Crippen molar-refractivity contribution in [2.75, 3.05) is 37.8 Å². The van der Waals surface area contributed by atoms with Crippen LogP contribution in [0.5, 0.6) is 0 Å². The largest absolute Gasteiger partial charge is 0.344 e. The fraction of sp³-hybridized carbons (Fsp3) is 0.909. The van der Waals surface area contributed by atoms with Crippen LogP contribution in [-0.4, -0.2) is 69.1 Å². The smallest absolute Gasteiger partial charge is 0.222 e. The topological polar surface area (TPSA) is 40.6 Å². The van der Waals surface area contributed by atoms with Crippen LogP contribution in [0.4, 0.5) is 0 Å². The Hall–Kier alpha value is 0.860. The number of alkyl halides is 4. The molecule has 2 unspecified atom stereocenters. The minimum absolute atomic E-state index is 0.184. The molecule has 2 amide bonds. The number of hydrogen-bond acceptors (Lipinski definition) is 2. The van der Waals surface area contributed by atoms with E-state index in [0.29, 0.717) is 35.6 Å². The van der Waals surface area contributed by atoms with Crippen LogP contribution in [0.15, 0.2) is 0 Å². The molecule has 8 heteroatoms. The van der Waals surface area contributed by atoms with Crippen LogP contribution in [0.25, 0.3) is 0 Å². The standard InChI is InChI=1S/C22H40Br4N2O2/c1-27(21(29)13-9-5-3-7-11-19(25)17-23)15-16-28(2)22(30)14-10-6-4-8-12-20(26)18-24/h19-20H,3-18H2,1-2H3. The van der Waals surface area contributed by atoms with Gasteiger partial charge in [-0.05, 0) is 25.7 Å². The van der Waals surface area contributed by atoms with Crippen LogP contribution in [0, 0.1) is 0 Å². The van der Waals surface area contributed by atoms with Gasteiger partial charge in [-0.2, -0.15) is 0 Å². The highest BCUT2D eigenvalue weighted by Crippen LogP contribution is 2.15. The Morgan fingerprint density at radius 1 is 0.633 bits per heavy atom. The molecule has 0 fully saturated rings. The van der Waals surface area contributed by atoms with Crippen molar-refractivity contribution in [1.82, 2.24) is 9.80 Å². The number of rotatable bonds is 19. The molecule has 0 aliphatic heterocycles. The van der Waals surface area contributed by atoms with Crippen molar-refractivity contribution in [3.05, 3.63) is 0 Å². The number of nitrogens with zero attached hydrogens (tertiary/aromatic N) is 2. The Bertz CT molecular complexity index is 415. The van der Waals surface area contributed by atoms with Crippen molar-refractivity contribution in [2.45, 2.75) is 86.7 Å². The number of unbranched alkanes of at least 4 members (excludes halogenated alkanes) is 6. The molecule has 0 N–H and O–H groups in total. The van der Waals surface area contributed by atoms with Gasteiger partial charge in [0.2, 0.25) is 11.8 Å². The van der Waals surface area contributed by atoms with Gasteiger partial charge in [-0.15, -0.1) is 0 Å². The van der Waals surface area contributed by atoms with Gasteiger partial charge in [-0.1, -0.05) is 102 Å². The minimum Gasteiger partial charge on any atom is -0.344 e. The summed E-state index contributed by atoms with van der Waals surface area (Å²) < 4.78 is 0. The molecule has 0 aromatic carbocycles. The molecule has 0 bridgehead atoms. The number of amides is 2. The molecule has 0 aromatic rings. The summed E-state index contributed by atoms with van der Waals surface area (Å²) in [6.45, 7) is 1.22. The maximum atomic E-state index is 12.3. The SMILES string of the molecule is CN(CCN(C)C(=O)CCCCCCC(Br)CBr)C(=O)CCCCCCC(Br)CBr. The van der Waals surface area contributed by atoms with Crippen molar-refractivity contribution in [1.29, 1.82) is 0 Å². The summed E-state index contributed by atoms with van der Waals surface area (Å²) in [4.78, 5) is 29.2. The second kappa shape index (κ2) is 20.5. The molecule has 178 valence electrons. The number of hydrogen-bond donors (Lipinski definition) is 0. The number of carbonyl (C=O) groups excluding carboxylic acids is 2. The third kappa shape index (κ3) is 17.4.